The summed E-state index contributed by atoms with van der Waals surface area (Å²) in [6, 6.07) is 13.5. The van der Waals surface area contributed by atoms with E-state index in [-0.39, 0.29) is 17.2 Å². The Hall–Kier alpha value is -2.25. The summed E-state index contributed by atoms with van der Waals surface area (Å²) in [4.78, 5) is 12.4. The number of amides is 1. The fourth-order valence-corrected chi connectivity index (χ4v) is 4.88. The van der Waals surface area contributed by atoms with E-state index in [2.05, 4.69) is 5.32 Å². The Morgan fingerprint density at radius 1 is 1.08 bits per heavy atom. The van der Waals surface area contributed by atoms with Gasteiger partial charge in [0.15, 0.2) is 0 Å². The van der Waals surface area contributed by atoms with Gasteiger partial charge in [0.25, 0.3) is 0 Å². The first-order valence-electron chi connectivity index (χ1n) is 8.59. The largest absolute Gasteiger partial charge is 0.326 e. The van der Waals surface area contributed by atoms with Crippen molar-refractivity contribution in [2.45, 2.75) is 36.6 Å². The molecule has 0 spiro atoms. The molecule has 138 valence electrons. The number of halogens is 1. The predicted molar refractivity (Wildman–Crippen MR) is 97.6 cm³/mol. The lowest BCUT2D eigenvalue weighted by Gasteiger charge is -2.34. The smallest absolute Gasteiger partial charge is 0.243 e. The molecule has 1 N–H and O–H groups in total. The molecule has 26 heavy (non-hydrogen) atoms. The summed E-state index contributed by atoms with van der Waals surface area (Å²) >= 11 is 0. The maximum absolute atomic E-state index is 13.1. The number of nitrogens with zero attached hydrogens (tertiary/aromatic N) is 1. The second-order valence-corrected chi connectivity index (χ2v) is 8.23. The summed E-state index contributed by atoms with van der Waals surface area (Å²) in [7, 11) is -3.76. The van der Waals surface area contributed by atoms with Crippen molar-refractivity contribution in [3.05, 3.63) is 60.4 Å². The van der Waals surface area contributed by atoms with E-state index in [0.29, 0.717) is 18.7 Å². The van der Waals surface area contributed by atoms with Gasteiger partial charge in [-0.2, -0.15) is 4.31 Å². The van der Waals surface area contributed by atoms with Crippen LogP contribution in [-0.4, -0.2) is 31.2 Å². The Kier molecular flexibility index (Phi) is 5.68. The van der Waals surface area contributed by atoms with Crippen molar-refractivity contribution >= 4 is 21.6 Å². The SMILES string of the molecule is O=C(C[C@H]1CCCCN1S(=O)(=O)c1ccc(F)cc1)Nc1ccccc1. The fraction of sp³-hybridized carbons (Fsp3) is 0.316. The van der Waals surface area contributed by atoms with Gasteiger partial charge in [-0.25, -0.2) is 12.8 Å². The summed E-state index contributed by atoms with van der Waals surface area (Å²) in [5.74, 6) is -0.705. The van der Waals surface area contributed by atoms with Gasteiger partial charge in [-0.1, -0.05) is 24.6 Å². The minimum atomic E-state index is -3.76. The van der Waals surface area contributed by atoms with E-state index in [0.717, 1.165) is 25.0 Å². The third-order valence-electron chi connectivity index (χ3n) is 4.47. The average molecular weight is 376 g/mol. The number of hydrogen-bond donors (Lipinski definition) is 1. The number of benzene rings is 2. The highest BCUT2D eigenvalue weighted by atomic mass is 32.2. The van der Waals surface area contributed by atoms with Gasteiger partial charge < -0.3 is 5.32 Å². The maximum atomic E-state index is 13.1. The van der Waals surface area contributed by atoms with E-state index in [1.807, 2.05) is 18.2 Å². The summed E-state index contributed by atoms with van der Waals surface area (Å²) in [5, 5.41) is 2.80. The first kappa shape index (κ1) is 18.5. The molecule has 2 aromatic rings. The van der Waals surface area contributed by atoms with Crippen LogP contribution in [0.15, 0.2) is 59.5 Å². The number of sulfonamides is 1. The van der Waals surface area contributed by atoms with E-state index >= 15 is 0 Å². The maximum Gasteiger partial charge on any atom is 0.243 e. The highest BCUT2D eigenvalue weighted by molar-refractivity contribution is 7.89. The highest BCUT2D eigenvalue weighted by Crippen LogP contribution is 2.27. The molecule has 1 aliphatic heterocycles. The molecule has 1 fully saturated rings. The second-order valence-electron chi connectivity index (χ2n) is 6.34. The fourth-order valence-electron chi connectivity index (χ4n) is 3.18. The number of carbonyl (C=O) groups excluding carboxylic acids is 1. The van der Waals surface area contributed by atoms with Crippen LogP contribution in [0.2, 0.25) is 0 Å². The van der Waals surface area contributed by atoms with Gasteiger partial charge in [-0.05, 0) is 49.2 Å². The van der Waals surface area contributed by atoms with Gasteiger partial charge in [-0.3, -0.25) is 4.79 Å². The zero-order chi connectivity index (χ0) is 18.6. The molecule has 1 heterocycles. The first-order chi connectivity index (χ1) is 12.5. The zero-order valence-corrected chi connectivity index (χ0v) is 15.1. The van der Waals surface area contributed by atoms with Crippen LogP contribution >= 0.6 is 0 Å². The minimum Gasteiger partial charge on any atom is -0.326 e. The molecule has 1 aliphatic rings. The summed E-state index contributed by atoms with van der Waals surface area (Å²) in [6.45, 7) is 0.364. The van der Waals surface area contributed by atoms with Crippen molar-refractivity contribution in [3.8, 4) is 0 Å². The van der Waals surface area contributed by atoms with Crippen LogP contribution in [0.3, 0.4) is 0 Å². The standard InChI is InChI=1S/C19H21FN2O3S/c20-15-9-11-18(12-10-15)26(24,25)22-13-5-4-8-17(22)14-19(23)21-16-6-2-1-3-7-16/h1-3,6-7,9-12,17H,4-5,8,13-14H2,(H,21,23)/t17-/m1/s1. The molecular formula is C19H21FN2O3S. The lowest BCUT2D eigenvalue weighted by molar-refractivity contribution is -0.117. The Bertz CT molecular complexity index is 854. The van der Waals surface area contributed by atoms with E-state index in [9.17, 15) is 17.6 Å². The Morgan fingerprint density at radius 2 is 1.77 bits per heavy atom. The van der Waals surface area contributed by atoms with Crippen LogP contribution in [-0.2, 0) is 14.8 Å². The third-order valence-corrected chi connectivity index (χ3v) is 6.44. The van der Waals surface area contributed by atoms with Crippen molar-refractivity contribution in [3.63, 3.8) is 0 Å². The van der Waals surface area contributed by atoms with E-state index in [4.69, 9.17) is 0 Å². The number of hydrogen-bond acceptors (Lipinski definition) is 3. The molecule has 1 amide bonds. The Labute approximate surface area is 152 Å². The second kappa shape index (κ2) is 7.97. The molecular weight excluding hydrogens is 355 g/mol. The van der Waals surface area contributed by atoms with Gasteiger partial charge >= 0.3 is 0 Å². The molecule has 5 nitrogen and oxygen atoms in total. The summed E-state index contributed by atoms with van der Waals surface area (Å²) in [5.41, 5.74) is 0.682. The lowest BCUT2D eigenvalue weighted by Crippen LogP contribution is -2.45. The molecule has 1 saturated heterocycles. The number of anilines is 1. The predicted octanol–water partition coefficient (Wildman–Crippen LogP) is 3.40. The lowest BCUT2D eigenvalue weighted by atomic mass is 10.0. The number of para-hydroxylation sites is 1. The van der Waals surface area contributed by atoms with Crippen molar-refractivity contribution in [1.82, 2.24) is 4.31 Å². The van der Waals surface area contributed by atoms with Crippen LogP contribution in [0.4, 0.5) is 10.1 Å². The van der Waals surface area contributed by atoms with Gasteiger partial charge in [0.1, 0.15) is 5.82 Å². The topological polar surface area (TPSA) is 66.5 Å². The summed E-state index contributed by atoms with van der Waals surface area (Å²) in [6.07, 6.45) is 2.34. The van der Waals surface area contributed by atoms with E-state index < -0.39 is 21.9 Å². The van der Waals surface area contributed by atoms with Crippen LogP contribution in [0.25, 0.3) is 0 Å². The van der Waals surface area contributed by atoms with Crippen LogP contribution < -0.4 is 5.32 Å². The zero-order valence-electron chi connectivity index (χ0n) is 14.3. The van der Waals surface area contributed by atoms with Crippen molar-refractivity contribution in [1.29, 1.82) is 0 Å². The van der Waals surface area contributed by atoms with Gasteiger partial charge in [0, 0.05) is 24.7 Å². The van der Waals surface area contributed by atoms with Crippen LogP contribution in [0, 0.1) is 5.82 Å². The minimum absolute atomic E-state index is 0.0502. The van der Waals surface area contributed by atoms with E-state index in [1.165, 1.54) is 16.4 Å². The first-order valence-corrected chi connectivity index (χ1v) is 10.0. The molecule has 0 aromatic heterocycles. The van der Waals surface area contributed by atoms with Crippen LogP contribution in [0.1, 0.15) is 25.7 Å². The number of rotatable bonds is 5. The van der Waals surface area contributed by atoms with Gasteiger partial charge in [-0.15, -0.1) is 0 Å². The van der Waals surface area contributed by atoms with Gasteiger partial charge in [0.05, 0.1) is 4.90 Å². The molecule has 1 atom stereocenters. The van der Waals surface area contributed by atoms with Gasteiger partial charge in [0.2, 0.25) is 15.9 Å². The monoisotopic (exact) mass is 376 g/mol. The summed E-state index contributed by atoms with van der Waals surface area (Å²) < 4.78 is 40.3. The average Bonchev–Trinajstić information content (AvgIpc) is 2.63. The van der Waals surface area contributed by atoms with Crippen LogP contribution in [0.5, 0.6) is 0 Å². The molecule has 2 aromatic carbocycles. The van der Waals surface area contributed by atoms with E-state index in [1.54, 1.807) is 12.1 Å². The molecule has 7 heteroatoms. The van der Waals surface area contributed by atoms with Crippen molar-refractivity contribution in [2.75, 3.05) is 11.9 Å². The Balaban J connectivity index is 1.75. The normalized spacial score (nSPS) is 18.4. The molecule has 0 aliphatic carbocycles. The number of nitrogens with one attached hydrogen (secondary N) is 1. The number of piperidine rings is 1. The van der Waals surface area contributed by atoms with Crippen molar-refractivity contribution in [2.24, 2.45) is 0 Å². The highest BCUT2D eigenvalue weighted by Gasteiger charge is 2.34. The number of carbonyl (C=O) groups is 1. The quantitative estimate of drug-likeness (QED) is 0.870. The molecule has 0 unspecified atom stereocenters. The third kappa shape index (κ3) is 4.28. The van der Waals surface area contributed by atoms with Crippen molar-refractivity contribution < 1.29 is 17.6 Å². The molecule has 3 rings (SSSR count). The molecule has 0 saturated carbocycles. The Morgan fingerprint density at radius 3 is 2.46 bits per heavy atom. The molecule has 0 bridgehead atoms. The molecule has 0 radical (unpaired) electrons.